The Labute approximate surface area is 168 Å². The topological polar surface area (TPSA) is 79.5 Å². The molecule has 1 aliphatic heterocycles. The summed E-state index contributed by atoms with van der Waals surface area (Å²) >= 11 is 0. The molecule has 2 heterocycles. The van der Waals surface area contributed by atoms with Crippen molar-refractivity contribution in [3.05, 3.63) is 23.4 Å². The Balaban J connectivity index is 0.000000706. The molecule has 1 aliphatic carbocycles. The van der Waals surface area contributed by atoms with Crippen molar-refractivity contribution in [2.24, 2.45) is 17.8 Å². The van der Waals surface area contributed by atoms with E-state index >= 15 is 0 Å². The maximum Gasteiger partial charge on any atom is 0.173 e. The Morgan fingerprint density at radius 3 is 2.68 bits per heavy atom. The zero-order chi connectivity index (χ0) is 19.9. The van der Waals surface area contributed by atoms with Gasteiger partial charge in [-0.2, -0.15) is 0 Å². The molecule has 4 rings (SSSR count). The number of ether oxygens (including phenoxy) is 1. The highest BCUT2D eigenvalue weighted by Crippen LogP contribution is 2.39. The standard InChI is InChI=1S/C20H28N2O3.C2H7N/c1-13-19(24-12-16-10-15(16)11-23)5-3-17-18(22-25-20(13)17)4-2-14-6-8-21-9-7-14;1-3-2/h3,5,14-16,21,23H,2,4,6-12H2,1H3;3H,1-2H3. The van der Waals surface area contributed by atoms with E-state index in [1.165, 1.54) is 19.3 Å². The predicted octanol–water partition coefficient (Wildman–Crippen LogP) is 2.91. The van der Waals surface area contributed by atoms with Crippen molar-refractivity contribution < 1.29 is 14.4 Å². The van der Waals surface area contributed by atoms with Crippen LogP contribution in [-0.4, -0.2) is 50.7 Å². The summed E-state index contributed by atoms with van der Waals surface area (Å²) in [6, 6.07) is 4.13. The number of hydrogen-bond donors (Lipinski definition) is 3. The minimum atomic E-state index is 0.272. The fourth-order valence-corrected chi connectivity index (χ4v) is 3.95. The Bertz CT molecular complexity index is 740. The number of aliphatic hydroxyl groups is 1. The van der Waals surface area contributed by atoms with Crippen LogP contribution in [0, 0.1) is 24.7 Å². The van der Waals surface area contributed by atoms with Crippen LogP contribution >= 0.6 is 0 Å². The average Bonchev–Trinajstić information content (AvgIpc) is 3.36. The smallest absolute Gasteiger partial charge is 0.173 e. The first-order valence-electron chi connectivity index (χ1n) is 10.6. The average molecular weight is 390 g/mol. The molecule has 28 heavy (non-hydrogen) atoms. The molecule has 2 fully saturated rings. The van der Waals surface area contributed by atoms with Gasteiger partial charge in [0.2, 0.25) is 0 Å². The molecule has 0 radical (unpaired) electrons. The lowest BCUT2D eigenvalue weighted by atomic mass is 9.92. The van der Waals surface area contributed by atoms with Crippen LogP contribution in [0.5, 0.6) is 5.75 Å². The molecule has 2 unspecified atom stereocenters. The van der Waals surface area contributed by atoms with Gasteiger partial charge < -0.3 is 25.0 Å². The van der Waals surface area contributed by atoms with Crippen molar-refractivity contribution in [3.63, 3.8) is 0 Å². The van der Waals surface area contributed by atoms with E-state index in [0.717, 1.165) is 59.8 Å². The highest BCUT2D eigenvalue weighted by Gasteiger charge is 2.36. The van der Waals surface area contributed by atoms with E-state index in [1.807, 2.05) is 27.1 Å². The van der Waals surface area contributed by atoms with Gasteiger partial charge in [-0.1, -0.05) is 5.16 Å². The molecule has 1 saturated carbocycles. The van der Waals surface area contributed by atoms with Crippen molar-refractivity contribution in [3.8, 4) is 5.75 Å². The number of aromatic nitrogens is 1. The van der Waals surface area contributed by atoms with Gasteiger partial charge in [-0.25, -0.2) is 0 Å². The Morgan fingerprint density at radius 1 is 1.25 bits per heavy atom. The van der Waals surface area contributed by atoms with Crippen LogP contribution in [0.15, 0.2) is 16.7 Å². The van der Waals surface area contributed by atoms with E-state index in [2.05, 4.69) is 21.9 Å². The molecule has 1 saturated heterocycles. The van der Waals surface area contributed by atoms with Gasteiger partial charge in [-0.05, 0) is 96.1 Å². The van der Waals surface area contributed by atoms with Crippen LogP contribution in [0.25, 0.3) is 11.0 Å². The van der Waals surface area contributed by atoms with E-state index < -0.39 is 0 Å². The van der Waals surface area contributed by atoms with Crippen LogP contribution < -0.4 is 15.4 Å². The second-order valence-electron chi connectivity index (χ2n) is 8.18. The van der Waals surface area contributed by atoms with Crippen LogP contribution in [0.4, 0.5) is 0 Å². The van der Waals surface area contributed by atoms with E-state index in [-0.39, 0.29) is 6.61 Å². The molecule has 6 nitrogen and oxygen atoms in total. The molecule has 6 heteroatoms. The second kappa shape index (κ2) is 10.2. The van der Waals surface area contributed by atoms with Crippen molar-refractivity contribution in [1.29, 1.82) is 0 Å². The summed E-state index contributed by atoms with van der Waals surface area (Å²) in [5, 5.41) is 20.8. The molecular weight excluding hydrogens is 354 g/mol. The number of piperidine rings is 1. The molecule has 3 N–H and O–H groups in total. The third-order valence-electron chi connectivity index (χ3n) is 5.92. The molecule has 2 aromatic rings. The van der Waals surface area contributed by atoms with Crippen molar-refractivity contribution in [2.45, 2.75) is 39.0 Å². The molecule has 0 spiro atoms. The second-order valence-corrected chi connectivity index (χ2v) is 8.18. The van der Waals surface area contributed by atoms with Gasteiger partial charge in [0.25, 0.3) is 0 Å². The maximum atomic E-state index is 9.13. The number of rotatable bonds is 7. The quantitative estimate of drug-likeness (QED) is 0.676. The van der Waals surface area contributed by atoms with Gasteiger partial charge in [-0.3, -0.25) is 0 Å². The molecule has 1 aromatic carbocycles. The van der Waals surface area contributed by atoms with Crippen LogP contribution in [-0.2, 0) is 6.42 Å². The van der Waals surface area contributed by atoms with E-state index in [4.69, 9.17) is 14.4 Å². The summed E-state index contributed by atoms with van der Waals surface area (Å²) in [5.41, 5.74) is 2.96. The summed E-state index contributed by atoms with van der Waals surface area (Å²) in [6.45, 7) is 5.27. The molecule has 2 atom stereocenters. The first kappa shape index (κ1) is 21.1. The largest absolute Gasteiger partial charge is 0.493 e. The zero-order valence-electron chi connectivity index (χ0n) is 17.5. The van der Waals surface area contributed by atoms with Crippen molar-refractivity contribution in [2.75, 3.05) is 40.4 Å². The third-order valence-corrected chi connectivity index (χ3v) is 5.92. The van der Waals surface area contributed by atoms with Crippen LogP contribution in [0.2, 0.25) is 0 Å². The van der Waals surface area contributed by atoms with E-state index in [0.29, 0.717) is 18.4 Å². The molecule has 2 aliphatic rings. The highest BCUT2D eigenvalue weighted by atomic mass is 16.5. The van der Waals surface area contributed by atoms with Crippen LogP contribution in [0.3, 0.4) is 0 Å². The Morgan fingerprint density at radius 2 is 2.00 bits per heavy atom. The lowest BCUT2D eigenvalue weighted by Crippen LogP contribution is -2.27. The van der Waals surface area contributed by atoms with Crippen molar-refractivity contribution in [1.82, 2.24) is 15.8 Å². The van der Waals surface area contributed by atoms with Gasteiger partial charge in [0.1, 0.15) is 5.75 Å². The minimum absolute atomic E-state index is 0.272. The number of hydrogen-bond acceptors (Lipinski definition) is 6. The normalized spacial score (nSPS) is 22.0. The molecule has 0 bridgehead atoms. The first-order chi connectivity index (χ1) is 13.7. The lowest BCUT2D eigenvalue weighted by Gasteiger charge is -2.21. The summed E-state index contributed by atoms with van der Waals surface area (Å²) < 4.78 is 11.6. The van der Waals surface area contributed by atoms with Crippen molar-refractivity contribution >= 4 is 11.0 Å². The number of nitrogens with one attached hydrogen (secondary N) is 2. The molecule has 0 amide bonds. The number of aliphatic hydroxyl groups excluding tert-OH is 1. The lowest BCUT2D eigenvalue weighted by molar-refractivity contribution is 0.242. The van der Waals surface area contributed by atoms with E-state index in [1.54, 1.807) is 0 Å². The number of nitrogens with zero attached hydrogens (tertiary/aromatic N) is 1. The van der Waals surface area contributed by atoms with Gasteiger partial charge in [0.05, 0.1) is 12.3 Å². The minimum Gasteiger partial charge on any atom is -0.493 e. The van der Waals surface area contributed by atoms with Gasteiger partial charge >= 0.3 is 0 Å². The fraction of sp³-hybridized carbons (Fsp3) is 0.682. The SMILES string of the molecule is CNC.Cc1c(OCC2CC2CO)ccc2c(CCC3CCNCC3)noc12. The summed E-state index contributed by atoms with van der Waals surface area (Å²) in [6.07, 6.45) is 5.77. The first-order valence-corrected chi connectivity index (χ1v) is 10.6. The fourth-order valence-electron chi connectivity index (χ4n) is 3.95. The van der Waals surface area contributed by atoms with Gasteiger partial charge in [-0.15, -0.1) is 0 Å². The zero-order valence-corrected chi connectivity index (χ0v) is 17.5. The summed E-state index contributed by atoms with van der Waals surface area (Å²) in [7, 11) is 3.75. The van der Waals surface area contributed by atoms with E-state index in [9.17, 15) is 0 Å². The number of aryl methyl sites for hydroxylation is 2. The third kappa shape index (κ3) is 5.25. The molecule has 1 aromatic heterocycles. The van der Waals surface area contributed by atoms with Gasteiger partial charge in [0, 0.05) is 17.6 Å². The number of fused-ring (bicyclic) bond motifs is 1. The molecular formula is C22H35N3O3. The maximum absolute atomic E-state index is 9.13. The monoisotopic (exact) mass is 389 g/mol. The van der Waals surface area contributed by atoms with Crippen LogP contribution in [0.1, 0.15) is 36.9 Å². The predicted molar refractivity (Wildman–Crippen MR) is 112 cm³/mol. The summed E-state index contributed by atoms with van der Waals surface area (Å²) in [4.78, 5) is 0. The molecule has 156 valence electrons. The summed E-state index contributed by atoms with van der Waals surface area (Å²) in [5.74, 6) is 2.60. The Hall–Kier alpha value is -1.63. The highest BCUT2D eigenvalue weighted by molar-refractivity contribution is 5.84. The number of benzene rings is 1. The van der Waals surface area contributed by atoms with Gasteiger partial charge in [0.15, 0.2) is 5.58 Å². The Kier molecular flexibility index (Phi) is 7.71.